The van der Waals surface area contributed by atoms with Crippen LogP contribution in [0, 0.1) is 0 Å². The average Bonchev–Trinajstić information content (AvgIpc) is 2.68. The summed E-state index contributed by atoms with van der Waals surface area (Å²) in [6.45, 7) is 3.35. The number of rotatable bonds is 5. The van der Waals surface area contributed by atoms with Gasteiger partial charge in [-0.2, -0.15) is 13.2 Å². The Kier molecular flexibility index (Phi) is 9.01. The minimum absolute atomic E-state index is 0.0341. The summed E-state index contributed by atoms with van der Waals surface area (Å²) in [6, 6.07) is 12.9. The summed E-state index contributed by atoms with van der Waals surface area (Å²) in [5, 5.41) is 7.32. The summed E-state index contributed by atoms with van der Waals surface area (Å²) in [5.74, 6) is 0.822. The van der Waals surface area contributed by atoms with Gasteiger partial charge in [-0.3, -0.25) is 0 Å². The minimum Gasteiger partial charge on any atom is -0.497 e. The van der Waals surface area contributed by atoms with Crippen molar-refractivity contribution in [3.63, 3.8) is 0 Å². The first-order chi connectivity index (χ1) is 13.2. The van der Waals surface area contributed by atoms with E-state index in [9.17, 15) is 13.2 Å². The molecule has 0 amide bonds. The smallest absolute Gasteiger partial charge is 0.417 e. The lowest BCUT2D eigenvalue weighted by Gasteiger charge is -2.11. The van der Waals surface area contributed by atoms with Crippen LogP contribution in [0.15, 0.2) is 58.8 Å². The van der Waals surface area contributed by atoms with E-state index in [0.29, 0.717) is 0 Å². The molecule has 152 valence electrons. The molecule has 0 heterocycles. The maximum absolute atomic E-state index is 12.6. The minimum atomic E-state index is -4.37. The van der Waals surface area contributed by atoms with Gasteiger partial charge in [0, 0.05) is 11.1 Å². The predicted octanol–water partition coefficient (Wildman–Crippen LogP) is 5.14. The van der Waals surface area contributed by atoms with Crippen LogP contribution >= 0.6 is 0 Å². The van der Waals surface area contributed by atoms with Crippen molar-refractivity contribution in [2.75, 3.05) is 21.3 Å². The Morgan fingerprint density at radius 3 is 2.00 bits per heavy atom. The Bertz CT molecular complexity index is 818. The first-order valence-corrected chi connectivity index (χ1v) is 8.21. The number of halogens is 3. The van der Waals surface area contributed by atoms with Crippen LogP contribution in [0.3, 0.4) is 0 Å². The van der Waals surface area contributed by atoms with E-state index in [1.54, 1.807) is 7.11 Å². The highest BCUT2D eigenvalue weighted by atomic mass is 19.4. The fourth-order valence-electron chi connectivity index (χ4n) is 2.27. The van der Waals surface area contributed by atoms with Gasteiger partial charge in [-0.15, -0.1) is 0 Å². The maximum Gasteiger partial charge on any atom is 0.417 e. The fraction of sp³-hybridized carbons (Fsp3) is 0.300. The molecule has 0 saturated heterocycles. The van der Waals surface area contributed by atoms with Crippen LogP contribution in [0.1, 0.15) is 30.5 Å². The van der Waals surface area contributed by atoms with E-state index in [2.05, 4.69) is 20.0 Å². The molecule has 0 radical (unpaired) electrons. The van der Waals surface area contributed by atoms with Crippen molar-refractivity contribution < 1.29 is 27.6 Å². The third-order valence-electron chi connectivity index (χ3n) is 3.57. The molecule has 0 bridgehead atoms. The number of ether oxygens (including phenoxy) is 1. The zero-order valence-electron chi connectivity index (χ0n) is 16.4. The van der Waals surface area contributed by atoms with Crippen molar-refractivity contribution in [2.45, 2.75) is 20.0 Å². The van der Waals surface area contributed by atoms with Gasteiger partial charge < -0.3 is 14.4 Å². The Balaban J connectivity index is 0.000000283. The van der Waals surface area contributed by atoms with Gasteiger partial charge in [0.15, 0.2) is 0 Å². The van der Waals surface area contributed by atoms with Gasteiger partial charge in [0.05, 0.1) is 24.1 Å². The third kappa shape index (κ3) is 6.94. The van der Waals surface area contributed by atoms with Crippen LogP contribution < -0.4 is 4.74 Å². The van der Waals surface area contributed by atoms with Gasteiger partial charge in [-0.05, 0) is 32.0 Å². The van der Waals surface area contributed by atoms with Crippen LogP contribution in [0.5, 0.6) is 5.75 Å². The first kappa shape index (κ1) is 23.0. The lowest BCUT2D eigenvalue weighted by Crippen LogP contribution is -2.11. The molecule has 2 aromatic rings. The van der Waals surface area contributed by atoms with Crippen LogP contribution in [0.25, 0.3) is 0 Å². The van der Waals surface area contributed by atoms with E-state index < -0.39 is 11.7 Å². The number of hydrogen-bond acceptors (Lipinski definition) is 5. The van der Waals surface area contributed by atoms with Gasteiger partial charge in [0.1, 0.15) is 20.0 Å². The predicted molar refractivity (Wildman–Crippen MR) is 103 cm³/mol. The lowest BCUT2D eigenvalue weighted by molar-refractivity contribution is -0.137. The molecule has 0 aliphatic rings. The summed E-state index contributed by atoms with van der Waals surface area (Å²) in [6.07, 6.45) is -4.37. The van der Waals surface area contributed by atoms with E-state index in [4.69, 9.17) is 4.74 Å². The lowest BCUT2D eigenvalue weighted by atomic mass is 10.0. The van der Waals surface area contributed by atoms with E-state index >= 15 is 0 Å². The number of nitrogens with zero attached hydrogens (tertiary/aromatic N) is 2. The number of hydrogen-bond donors (Lipinski definition) is 0. The average molecular weight is 396 g/mol. The molecule has 0 aliphatic carbocycles. The summed E-state index contributed by atoms with van der Waals surface area (Å²) in [5.41, 5.74) is 1.36. The van der Waals surface area contributed by atoms with Crippen molar-refractivity contribution in [3.05, 3.63) is 65.2 Å². The Morgan fingerprint density at radius 1 is 0.821 bits per heavy atom. The number of alkyl halides is 3. The number of methoxy groups -OCH3 is 1. The second kappa shape index (κ2) is 11.0. The molecule has 0 aromatic heterocycles. The largest absolute Gasteiger partial charge is 0.497 e. The molecular weight excluding hydrogens is 373 g/mol. The molecule has 0 spiro atoms. The Hall–Kier alpha value is -3.03. The van der Waals surface area contributed by atoms with Crippen molar-refractivity contribution >= 4 is 11.4 Å². The van der Waals surface area contributed by atoms with Crippen molar-refractivity contribution in [3.8, 4) is 5.75 Å². The summed E-state index contributed by atoms with van der Waals surface area (Å²) >= 11 is 0. The van der Waals surface area contributed by atoms with Gasteiger partial charge in [-0.1, -0.05) is 40.6 Å². The quantitative estimate of drug-likeness (QED) is 0.519. The normalized spacial score (nSPS) is 12.0. The maximum atomic E-state index is 12.6. The zero-order chi connectivity index (χ0) is 21.2. The van der Waals surface area contributed by atoms with Crippen molar-refractivity contribution in [1.29, 1.82) is 0 Å². The van der Waals surface area contributed by atoms with Crippen LogP contribution in [0.4, 0.5) is 13.2 Å². The molecule has 0 saturated carbocycles. The molecule has 0 N–H and O–H groups in total. The van der Waals surface area contributed by atoms with Crippen LogP contribution in [-0.2, 0) is 15.9 Å². The van der Waals surface area contributed by atoms with E-state index in [-0.39, 0.29) is 11.3 Å². The molecular formula is C20H23F3N2O3. The van der Waals surface area contributed by atoms with Gasteiger partial charge in [0.25, 0.3) is 0 Å². The molecule has 0 aliphatic heterocycles. The Morgan fingerprint density at radius 2 is 1.43 bits per heavy atom. The van der Waals surface area contributed by atoms with Crippen LogP contribution in [-0.4, -0.2) is 32.8 Å². The first-order valence-electron chi connectivity index (χ1n) is 8.21. The molecule has 0 unspecified atom stereocenters. The van der Waals surface area contributed by atoms with E-state index in [1.807, 2.05) is 31.2 Å². The van der Waals surface area contributed by atoms with E-state index in [1.165, 1.54) is 39.3 Å². The monoisotopic (exact) mass is 396 g/mol. The molecule has 2 aromatic carbocycles. The van der Waals surface area contributed by atoms with Gasteiger partial charge in [-0.25, -0.2) is 0 Å². The highest BCUT2D eigenvalue weighted by Gasteiger charge is 2.33. The van der Waals surface area contributed by atoms with Crippen molar-refractivity contribution in [1.82, 2.24) is 0 Å². The second-order valence-electron chi connectivity index (χ2n) is 5.49. The second-order valence-corrected chi connectivity index (χ2v) is 5.49. The van der Waals surface area contributed by atoms with Crippen molar-refractivity contribution in [2.24, 2.45) is 10.3 Å². The summed E-state index contributed by atoms with van der Waals surface area (Å²) in [4.78, 5) is 9.12. The number of benzene rings is 2. The Labute approximate surface area is 162 Å². The zero-order valence-corrected chi connectivity index (χ0v) is 16.4. The topological polar surface area (TPSA) is 52.4 Å². The number of oxime groups is 2. The molecule has 28 heavy (non-hydrogen) atoms. The van der Waals surface area contributed by atoms with Gasteiger partial charge >= 0.3 is 6.18 Å². The molecule has 8 heteroatoms. The van der Waals surface area contributed by atoms with E-state index in [0.717, 1.165) is 23.1 Å². The summed E-state index contributed by atoms with van der Waals surface area (Å²) in [7, 11) is 4.46. The third-order valence-corrected chi connectivity index (χ3v) is 3.57. The molecule has 0 atom stereocenters. The van der Waals surface area contributed by atoms with Gasteiger partial charge in [0.2, 0.25) is 0 Å². The standard InChI is InChI=1S/C10H10F3NO.C10H13NO2/c1-7(14-15-2)8-5-3-4-6-9(8)10(11,12)13;1-8(11-13-3)9-5-4-6-10(7-9)12-2/h3-6H,1-2H3;4-7H,1-3H3. The van der Waals surface area contributed by atoms with Crippen LogP contribution in [0.2, 0.25) is 0 Å². The molecule has 5 nitrogen and oxygen atoms in total. The fourth-order valence-corrected chi connectivity index (χ4v) is 2.27. The molecule has 0 fully saturated rings. The summed E-state index contributed by atoms with van der Waals surface area (Å²) < 4.78 is 42.7. The highest BCUT2D eigenvalue weighted by Crippen LogP contribution is 2.32. The molecule has 2 rings (SSSR count). The highest BCUT2D eigenvalue weighted by molar-refractivity contribution is 6.00. The SMILES string of the molecule is CON=C(C)c1cccc(OC)c1.CON=C(C)c1ccccc1C(F)(F)F.